The minimum absolute atomic E-state index is 0.0716. The van der Waals surface area contributed by atoms with E-state index < -0.39 is 34.3 Å². The number of carbonyl (C=O) groups excluding carboxylic acids is 2. The molecule has 0 bridgehead atoms. The molecule has 0 spiro atoms. The lowest BCUT2D eigenvalue weighted by atomic mass is 10.1. The van der Waals surface area contributed by atoms with E-state index in [4.69, 9.17) is 4.74 Å². The van der Waals surface area contributed by atoms with Gasteiger partial charge in [-0.15, -0.1) is 0 Å². The highest BCUT2D eigenvalue weighted by molar-refractivity contribution is 7.92. The van der Waals surface area contributed by atoms with Crippen LogP contribution in [-0.2, 0) is 26.2 Å². The molecule has 0 aliphatic carbocycles. The number of likely N-dealkylation sites (N-methyl/N-ethyl adjacent to an activating group) is 1. The highest BCUT2D eigenvalue weighted by Crippen LogP contribution is 2.26. The molecule has 0 heterocycles. The van der Waals surface area contributed by atoms with E-state index in [-0.39, 0.29) is 23.0 Å². The number of hydrogen-bond acceptors (Lipinski definition) is 5. The van der Waals surface area contributed by atoms with Crippen LogP contribution in [0.25, 0.3) is 0 Å². The molecule has 0 fully saturated rings. The number of nitrogens with one attached hydrogen (secondary N) is 1. The predicted molar refractivity (Wildman–Crippen MR) is 144 cm³/mol. The second-order valence-corrected chi connectivity index (χ2v) is 10.5. The molecule has 202 valence electrons. The van der Waals surface area contributed by atoms with Gasteiger partial charge in [-0.1, -0.05) is 24.3 Å². The van der Waals surface area contributed by atoms with Gasteiger partial charge in [-0.2, -0.15) is 0 Å². The van der Waals surface area contributed by atoms with E-state index >= 15 is 0 Å². The van der Waals surface area contributed by atoms with Crippen molar-refractivity contribution in [3.05, 3.63) is 89.7 Å². The lowest BCUT2D eigenvalue weighted by molar-refractivity contribution is -0.139. The van der Waals surface area contributed by atoms with Crippen LogP contribution in [0.1, 0.15) is 25.0 Å². The number of rotatable bonds is 11. The van der Waals surface area contributed by atoms with Gasteiger partial charge in [0.15, 0.2) is 0 Å². The molecule has 0 saturated heterocycles. The van der Waals surface area contributed by atoms with Crippen molar-refractivity contribution in [1.29, 1.82) is 0 Å². The Balaban J connectivity index is 2.03. The molecule has 2 amide bonds. The maximum atomic E-state index is 13.8. The summed E-state index contributed by atoms with van der Waals surface area (Å²) in [5, 5.41) is 2.72. The van der Waals surface area contributed by atoms with E-state index in [1.165, 1.54) is 48.4 Å². The van der Waals surface area contributed by atoms with Crippen molar-refractivity contribution in [2.75, 3.05) is 24.5 Å². The molecule has 0 aliphatic heterocycles. The number of halogens is 1. The van der Waals surface area contributed by atoms with Crippen LogP contribution >= 0.6 is 0 Å². The number of aryl methyl sites for hydroxylation is 1. The zero-order chi connectivity index (χ0) is 27.9. The highest BCUT2D eigenvalue weighted by atomic mass is 32.2. The second kappa shape index (κ2) is 12.6. The second-order valence-electron chi connectivity index (χ2n) is 8.68. The molecular weight excluding hydrogens is 509 g/mol. The van der Waals surface area contributed by atoms with E-state index in [1.807, 2.05) is 31.2 Å². The van der Waals surface area contributed by atoms with Gasteiger partial charge in [0.25, 0.3) is 10.0 Å². The Morgan fingerprint density at radius 2 is 1.63 bits per heavy atom. The number of carbonyl (C=O) groups is 2. The Morgan fingerprint density at radius 1 is 1.00 bits per heavy atom. The molecular formula is C28H32FN3O5S. The lowest BCUT2D eigenvalue weighted by Crippen LogP contribution is -2.51. The van der Waals surface area contributed by atoms with Crippen LogP contribution in [0.2, 0.25) is 0 Å². The first-order valence-corrected chi connectivity index (χ1v) is 13.6. The summed E-state index contributed by atoms with van der Waals surface area (Å²) in [4.78, 5) is 27.8. The van der Waals surface area contributed by atoms with Crippen molar-refractivity contribution in [2.24, 2.45) is 0 Å². The standard InChI is InChI=1S/C28H32FN3O5S/c1-5-30-28(34)21(3)31(18-22-9-7-6-8-20(22)2)27(33)19-32(24-12-10-23(29)11-13-24)38(35,36)26-16-14-25(37-4)15-17-26/h6-17,21H,5,18-19H2,1-4H3,(H,30,34)/t21-/m1/s1. The van der Waals surface area contributed by atoms with Crippen molar-refractivity contribution in [3.63, 3.8) is 0 Å². The first-order chi connectivity index (χ1) is 18.1. The number of methoxy groups -OCH3 is 1. The number of sulfonamides is 1. The monoisotopic (exact) mass is 541 g/mol. The zero-order valence-electron chi connectivity index (χ0n) is 21.8. The Kier molecular flexibility index (Phi) is 9.46. The molecule has 0 aliphatic rings. The van der Waals surface area contributed by atoms with Gasteiger partial charge in [-0.25, -0.2) is 12.8 Å². The molecule has 0 aromatic heterocycles. The lowest BCUT2D eigenvalue weighted by Gasteiger charge is -2.32. The van der Waals surface area contributed by atoms with Gasteiger partial charge in [0.1, 0.15) is 24.2 Å². The van der Waals surface area contributed by atoms with E-state index in [2.05, 4.69) is 5.32 Å². The first kappa shape index (κ1) is 28.6. The van der Waals surface area contributed by atoms with Crippen LogP contribution in [0.15, 0.2) is 77.7 Å². The van der Waals surface area contributed by atoms with Gasteiger partial charge in [-0.05, 0) is 80.4 Å². The summed E-state index contributed by atoms with van der Waals surface area (Å²) >= 11 is 0. The van der Waals surface area contributed by atoms with Gasteiger partial charge in [0, 0.05) is 13.1 Å². The fourth-order valence-corrected chi connectivity index (χ4v) is 5.30. The summed E-state index contributed by atoms with van der Waals surface area (Å²) in [6.07, 6.45) is 0. The number of anilines is 1. The van der Waals surface area contributed by atoms with E-state index in [1.54, 1.807) is 13.8 Å². The number of nitrogens with zero attached hydrogens (tertiary/aromatic N) is 2. The van der Waals surface area contributed by atoms with Crippen molar-refractivity contribution < 1.29 is 27.1 Å². The molecule has 1 atom stereocenters. The molecule has 8 nitrogen and oxygen atoms in total. The third-order valence-corrected chi connectivity index (χ3v) is 7.95. The normalized spacial score (nSPS) is 11.9. The predicted octanol–water partition coefficient (Wildman–Crippen LogP) is 3.89. The topological polar surface area (TPSA) is 96.0 Å². The Hall–Kier alpha value is -3.92. The minimum Gasteiger partial charge on any atom is -0.497 e. The molecule has 3 rings (SSSR count). The Labute approximate surface area is 223 Å². The quantitative estimate of drug-likeness (QED) is 0.397. The summed E-state index contributed by atoms with van der Waals surface area (Å²) < 4.78 is 47.2. The van der Waals surface area contributed by atoms with Crippen LogP contribution in [0.5, 0.6) is 5.75 Å². The number of ether oxygens (including phenoxy) is 1. The van der Waals surface area contributed by atoms with Crippen molar-refractivity contribution in [3.8, 4) is 5.75 Å². The number of benzene rings is 3. The molecule has 1 N–H and O–H groups in total. The fourth-order valence-electron chi connectivity index (χ4n) is 3.89. The van der Waals surface area contributed by atoms with Crippen molar-refractivity contribution >= 4 is 27.5 Å². The summed E-state index contributed by atoms with van der Waals surface area (Å²) in [5.74, 6) is -1.03. The van der Waals surface area contributed by atoms with Crippen molar-refractivity contribution in [1.82, 2.24) is 10.2 Å². The Bertz CT molecular complexity index is 1360. The Morgan fingerprint density at radius 3 is 2.21 bits per heavy atom. The molecule has 0 radical (unpaired) electrons. The molecule has 10 heteroatoms. The molecule has 0 saturated carbocycles. The highest BCUT2D eigenvalue weighted by Gasteiger charge is 2.32. The van der Waals surface area contributed by atoms with E-state index in [0.717, 1.165) is 27.6 Å². The maximum Gasteiger partial charge on any atom is 0.264 e. The number of hydrogen-bond donors (Lipinski definition) is 1. The molecule has 38 heavy (non-hydrogen) atoms. The molecule has 3 aromatic carbocycles. The zero-order valence-corrected chi connectivity index (χ0v) is 22.7. The smallest absolute Gasteiger partial charge is 0.264 e. The third kappa shape index (κ3) is 6.69. The van der Waals surface area contributed by atoms with Gasteiger partial charge in [0.05, 0.1) is 17.7 Å². The van der Waals surface area contributed by atoms with Gasteiger partial charge in [0.2, 0.25) is 11.8 Å². The van der Waals surface area contributed by atoms with E-state index in [0.29, 0.717) is 12.3 Å². The first-order valence-electron chi connectivity index (χ1n) is 12.1. The van der Waals surface area contributed by atoms with Crippen LogP contribution in [0.4, 0.5) is 10.1 Å². The maximum absolute atomic E-state index is 13.8. The van der Waals surface area contributed by atoms with Crippen LogP contribution in [0.3, 0.4) is 0 Å². The minimum atomic E-state index is -4.25. The van der Waals surface area contributed by atoms with Crippen LogP contribution in [0, 0.1) is 12.7 Å². The van der Waals surface area contributed by atoms with Crippen LogP contribution < -0.4 is 14.4 Å². The average molecular weight is 542 g/mol. The van der Waals surface area contributed by atoms with Gasteiger partial charge < -0.3 is 15.0 Å². The molecule has 0 unspecified atom stereocenters. The van der Waals surface area contributed by atoms with Crippen LogP contribution in [-0.4, -0.2) is 51.4 Å². The summed E-state index contributed by atoms with van der Waals surface area (Å²) in [6, 6.07) is 17.2. The largest absolute Gasteiger partial charge is 0.497 e. The SMILES string of the molecule is CCNC(=O)[C@@H](C)N(Cc1ccccc1C)C(=O)CN(c1ccc(F)cc1)S(=O)(=O)c1ccc(OC)cc1. The summed E-state index contributed by atoms with van der Waals surface area (Å²) in [6.45, 7) is 5.15. The molecule has 3 aromatic rings. The average Bonchev–Trinajstić information content (AvgIpc) is 2.91. The number of amides is 2. The summed E-state index contributed by atoms with van der Waals surface area (Å²) in [5.41, 5.74) is 1.86. The van der Waals surface area contributed by atoms with Gasteiger partial charge >= 0.3 is 0 Å². The summed E-state index contributed by atoms with van der Waals surface area (Å²) in [7, 11) is -2.79. The third-order valence-electron chi connectivity index (χ3n) is 6.16. The van der Waals surface area contributed by atoms with Crippen molar-refractivity contribution in [2.45, 2.75) is 38.3 Å². The van der Waals surface area contributed by atoms with E-state index in [9.17, 15) is 22.4 Å². The van der Waals surface area contributed by atoms with Gasteiger partial charge in [-0.3, -0.25) is 13.9 Å². The fraction of sp³-hybridized carbons (Fsp3) is 0.286.